The van der Waals surface area contributed by atoms with Crippen LogP contribution in [0.4, 0.5) is 0 Å². The summed E-state index contributed by atoms with van der Waals surface area (Å²) in [4.78, 5) is 2.58. The lowest BCUT2D eigenvalue weighted by atomic mass is 9.95. The first-order valence-corrected chi connectivity index (χ1v) is 10.4. The van der Waals surface area contributed by atoms with E-state index in [0.29, 0.717) is 12.0 Å². The summed E-state index contributed by atoms with van der Waals surface area (Å²) in [6.07, 6.45) is 4.71. The van der Waals surface area contributed by atoms with Gasteiger partial charge in [-0.1, -0.05) is 12.1 Å². The Labute approximate surface area is 160 Å². The molecule has 6 nitrogen and oxygen atoms in total. The van der Waals surface area contributed by atoms with Crippen LogP contribution < -0.4 is 10.1 Å². The lowest BCUT2D eigenvalue weighted by molar-refractivity contribution is 0.200. The smallest absolute Gasteiger partial charge is 0.136 e. The zero-order valence-corrected chi connectivity index (χ0v) is 16.2. The highest BCUT2D eigenvalue weighted by Gasteiger charge is 2.27. The Hall–Kier alpha value is -1.92. The van der Waals surface area contributed by atoms with E-state index >= 15 is 0 Å². The minimum absolute atomic E-state index is 0.319. The molecule has 1 atom stereocenters. The van der Waals surface area contributed by atoms with Crippen molar-refractivity contribution in [2.24, 2.45) is 0 Å². The number of piperidine rings is 1. The predicted molar refractivity (Wildman–Crippen MR) is 104 cm³/mol. The van der Waals surface area contributed by atoms with Crippen LogP contribution in [0.25, 0.3) is 0 Å². The molecule has 0 aliphatic carbocycles. The molecule has 5 rings (SSSR count). The number of benzene rings is 1. The molecule has 1 fully saturated rings. The minimum Gasteiger partial charge on any atom is -0.490 e. The summed E-state index contributed by atoms with van der Waals surface area (Å²) in [5, 5.41) is 12.5. The number of nitrogens with one attached hydrogen (secondary N) is 1. The summed E-state index contributed by atoms with van der Waals surface area (Å²) in [6.45, 7) is 8.50. The van der Waals surface area contributed by atoms with Crippen molar-refractivity contribution >= 4 is 0 Å². The zero-order chi connectivity index (χ0) is 18.2. The van der Waals surface area contributed by atoms with Crippen LogP contribution in [-0.4, -0.2) is 51.9 Å². The molecule has 2 aromatic rings. The fourth-order valence-corrected chi connectivity index (χ4v) is 4.78. The Balaban J connectivity index is 1.21. The molecule has 27 heavy (non-hydrogen) atoms. The molecule has 1 aromatic heterocycles. The quantitative estimate of drug-likeness (QED) is 0.901. The van der Waals surface area contributed by atoms with Crippen molar-refractivity contribution < 1.29 is 4.74 Å². The van der Waals surface area contributed by atoms with Gasteiger partial charge in [0, 0.05) is 44.9 Å². The van der Waals surface area contributed by atoms with Gasteiger partial charge in [-0.3, -0.25) is 4.90 Å². The number of rotatable bonds is 3. The Morgan fingerprint density at radius 3 is 2.93 bits per heavy atom. The van der Waals surface area contributed by atoms with Crippen LogP contribution in [0.15, 0.2) is 18.2 Å². The Kier molecular flexibility index (Phi) is 4.61. The molecule has 0 radical (unpaired) electrons. The molecule has 0 bridgehead atoms. The largest absolute Gasteiger partial charge is 0.490 e. The van der Waals surface area contributed by atoms with E-state index < -0.39 is 0 Å². The molecule has 0 saturated carbocycles. The SMILES string of the molecule is C[C@@H]1Cc2cc(CN3CCC(c4nnc5n4CCNCC5)CC3)ccc2O1. The van der Waals surface area contributed by atoms with E-state index in [1.165, 1.54) is 29.8 Å². The molecule has 0 spiro atoms. The van der Waals surface area contributed by atoms with Crippen LogP contribution in [0.3, 0.4) is 0 Å². The molecule has 0 unspecified atom stereocenters. The van der Waals surface area contributed by atoms with Crippen LogP contribution in [0.5, 0.6) is 5.75 Å². The third kappa shape index (κ3) is 3.48. The van der Waals surface area contributed by atoms with Crippen molar-refractivity contribution in [3.8, 4) is 5.75 Å². The first kappa shape index (κ1) is 17.2. The maximum Gasteiger partial charge on any atom is 0.136 e. The molecular weight excluding hydrogens is 338 g/mol. The van der Waals surface area contributed by atoms with E-state index in [0.717, 1.165) is 63.7 Å². The Morgan fingerprint density at radius 2 is 2.04 bits per heavy atom. The van der Waals surface area contributed by atoms with E-state index in [1.54, 1.807) is 0 Å². The van der Waals surface area contributed by atoms with E-state index in [4.69, 9.17) is 4.74 Å². The van der Waals surface area contributed by atoms with Gasteiger partial charge in [0.05, 0.1) is 0 Å². The number of aromatic nitrogens is 3. The molecule has 0 amide bonds. The average Bonchev–Trinajstić information content (AvgIpc) is 3.16. The fraction of sp³-hybridized carbons (Fsp3) is 0.619. The predicted octanol–water partition coefficient (Wildman–Crippen LogP) is 2.13. The fourth-order valence-electron chi connectivity index (χ4n) is 4.78. The zero-order valence-electron chi connectivity index (χ0n) is 16.2. The summed E-state index contributed by atoms with van der Waals surface area (Å²) in [7, 11) is 0. The Morgan fingerprint density at radius 1 is 1.15 bits per heavy atom. The van der Waals surface area contributed by atoms with Gasteiger partial charge in [0.1, 0.15) is 23.5 Å². The van der Waals surface area contributed by atoms with Gasteiger partial charge in [0.25, 0.3) is 0 Å². The summed E-state index contributed by atoms with van der Waals surface area (Å²) < 4.78 is 8.21. The van der Waals surface area contributed by atoms with Crippen LogP contribution in [0.1, 0.15) is 48.5 Å². The van der Waals surface area contributed by atoms with E-state index in [9.17, 15) is 0 Å². The number of hydrogen-bond acceptors (Lipinski definition) is 5. The molecular formula is C21H29N5O. The second-order valence-electron chi connectivity index (χ2n) is 8.25. The number of nitrogens with zero attached hydrogens (tertiary/aromatic N) is 4. The van der Waals surface area contributed by atoms with Crippen molar-refractivity contribution in [3.63, 3.8) is 0 Å². The summed E-state index contributed by atoms with van der Waals surface area (Å²) in [6, 6.07) is 6.73. The molecule has 3 aliphatic heterocycles. The second-order valence-corrected chi connectivity index (χ2v) is 8.25. The van der Waals surface area contributed by atoms with Gasteiger partial charge >= 0.3 is 0 Å². The van der Waals surface area contributed by atoms with Crippen LogP contribution >= 0.6 is 0 Å². The van der Waals surface area contributed by atoms with Gasteiger partial charge in [0.2, 0.25) is 0 Å². The van der Waals surface area contributed by atoms with Gasteiger partial charge in [-0.25, -0.2) is 0 Å². The highest BCUT2D eigenvalue weighted by molar-refractivity contribution is 5.40. The number of likely N-dealkylation sites (tertiary alicyclic amines) is 1. The lowest BCUT2D eigenvalue weighted by Crippen LogP contribution is -2.33. The lowest BCUT2D eigenvalue weighted by Gasteiger charge is -2.31. The first-order chi connectivity index (χ1) is 13.3. The average molecular weight is 367 g/mol. The van der Waals surface area contributed by atoms with Crippen LogP contribution in [0, 0.1) is 0 Å². The third-order valence-electron chi connectivity index (χ3n) is 6.21. The van der Waals surface area contributed by atoms with Crippen molar-refractivity contribution in [1.82, 2.24) is 25.0 Å². The molecule has 144 valence electrons. The second kappa shape index (κ2) is 7.24. The van der Waals surface area contributed by atoms with Crippen molar-refractivity contribution in [3.05, 3.63) is 41.0 Å². The van der Waals surface area contributed by atoms with E-state index in [1.807, 2.05) is 0 Å². The highest BCUT2D eigenvalue weighted by Crippen LogP contribution is 2.31. The minimum atomic E-state index is 0.319. The van der Waals surface area contributed by atoms with E-state index in [-0.39, 0.29) is 0 Å². The van der Waals surface area contributed by atoms with Gasteiger partial charge in [-0.05, 0) is 50.0 Å². The van der Waals surface area contributed by atoms with Crippen molar-refractivity contribution in [2.45, 2.75) is 57.7 Å². The summed E-state index contributed by atoms with van der Waals surface area (Å²) in [5.41, 5.74) is 2.78. The van der Waals surface area contributed by atoms with Gasteiger partial charge in [-0.2, -0.15) is 0 Å². The van der Waals surface area contributed by atoms with Crippen molar-refractivity contribution in [2.75, 3.05) is 26.2 Å². The highest BCUT2D eigenvalue weighted by atomic mass is 16.5. The molecule has 4 heterocycles. The summed E-state index contributed by atoms with van der Waals surface area (Å²) in [5.74, 6) is 4.01. The first-order valence-electron chi connectivity index (χ1n) is 10.4. The third-order valence-corrected chi connectivity index (χ3v) is 6.21. The van der Waals surface area contributed by atoms with Gasteiger partial charge < -0.3 is 14.6 Å². The Bertz CT molecular complexity index is 809. The monoisotopic (exact) mass is 367 g/mol. The molecule has 6 heteroatoms. The maximum absolute atomic E-state index is 5.83. The van der Waals surface area contributed by atoms with Crippen molar-refractivity contribution in [1.29, 1.82) is 0 Å². The maximum atomic E-state index is 5.83. The van der Waals surface area contributed by atoms with Gasteiger partial charge in [0.15, 0.2) is 0 Å². The number of ether oxygens (including phenoxy) is 1. The normalized spacial score (nSPS) is 23.5. The molecule has 1 aromatic carbocycles. The van der Waals surface area contributed by atoms with E-state index in [2.05, 4.69) is 50.1 Å². The van der Waals surface area contributed by atoms with Crippen LogP contribution in [-0.2, 0) is 25.9 Å². The van der Waals surface area contributed by atoms with Gasteiger partial charge in [-0.15, -0.1) is 10.2 Å². The molecule has 1 N–H and O–H groups in total. The number of hydrogen-bond donors (Lipinski definition) is 1. The topological polar surface area (TPSA) is 55.2 Å². The summed E-state index contributed by atoms with van der Waals surface area (Å²) >= 11 is 0. The molecule has 3 aliphatic rings. The number of fused-ring (bicyclic) bond motifs is 2. The standard InChI is InChI=1S/C21H29N5O/c1-15-12-18-13-16(2-3-19(18)27-15)14-25-9-5-17(6-10-25)21-24-23-20-4-7-22-8-11-26(20)21/h2-3,13,15,17,22H,4-12,14H2,1H3/t15-/m1/s1. The van der Waals surface area contributed by atoms with Crippen LogP contribution in [0.2, 0.25) is 0 Å². The molecule has 1 saturated heterocycles.